The molecule has 0 spiro atoms. The van der Waals surface area contributed by atoms with Crippen LogP contribution < -0.4 is 15.8 Å². The summed E-state index contributed by atoms with van der Waals surface area (Å²) in [5.74, 6) is -4.50. The Kier molecular flexibility index (Phi) is 8.11. The third kappa shape index (κ3) is 6.37. The molecule has 1 saturated heterocycles. The molecule has 40 heavy (non-hydrogen) atoms. The number of rotatable bonds is 5. The van der Waals surface area contributed by atoms with Crippen LogP contribution in [0, 0.1) is 17.6 Å². The van der Waals surface area contributed by atoms with Gasteiger partial charge in [-0.1, -0.05) is 17.7 Å². The van der Waals surface area contributed by atoms with Crippen molar-refractivity contribution in [3.8, 4) is 11.4 Å². The SMILES string of the molecule is O=C(NCc1ccc(C(F)(F)F)c(-c2nc(C(F)(F)F)cc(=O)[nH]2)c1F)C1CCN(c2ccc(Cl)cc2F)CC1. The predicted octanol–water partition coefficient (Wildman–Crippen LogP) is 5.94. The second-order valence-corrected chi connectivity index (χ2v) is 9.45. The molecule has 0 saturated carbocycles. The molecule has 2 aromatic carbocycles. The second kappa shape index (κ2) is 11.1. The molecule has 0 unspecified atom stereocenters. The van der Waals surface area contributed by atoms with Gasteiger partial charge < -0.3 is 15.2 Å². The number of hydrogen-bond acceptors (Lipinski definition) is 4. The summed E-state index contributed by atoms with van der Waals surface area (Å²) in [5, 5.41) is 2.65. The Bertz CT molecular complexity index is 1480. The maximum absolute atomic E-state index is 15.4. The van der Waals surface area contributed by atoms with E-state index in [-0.39, 0.29) is 11.1 Å². The summed E-state index contributed by atoms with van der Waals surface area (Å²) in [6.07, 6.45) is -9.80. The van der Waals surface area contributed by atoms with Crippen molar-refractivity contribution in [2.45, 2.75) is 31.7 Å². The van der Waals surface area contributed by atoms with Crippen LogP contribution in [0.5, 0.6) is 0 Å². The Morgan fingerprint density at radius 2 is 1.70 bits per heavy atom. The molecule has 6 nitrogen and oxygen atoms in total. The smallest absolute Gasteiger partial charge is 0.369 e. The number of aromatic nitrogens is 2. The fraction of sp³-hybridized carbons (Fsp3) is 0.320. The Labute approximate surface area is 226 Å². The highest BCUT2D eigenvalue weighted by molar-refractivity contribution is 6.30. The molecule has 0 bridgehead atoms. The van der Waals surface area contributed by atoms with Gasteiger partial charge in [-0.2, -0.15) is 26.3 Å². The van der Waals surface area contributed by atoms with Crippen molar-refractivity contribution in [1.29, 1.82) is 0 Å². The third-order valence-electron chi connectivity index (χ3n) is 6.37. The Morgan fingerprint density at radius 3 is 2.30 bits per heavy atom. The van der Waals surface area contributed by atoms with Crippen LogP contribution in [0.1, 0.15) is 29.7 Å². The minimum Gasteiger partial charge on any atom is -0.369 e. The van der Waals surface area contributed by atoms with Gasteiger partial charge in [0.15, 0.2) is 5.69 Å². The van der Waals surface area contributed by atoms with Crippen LogP contribution in [0.4, 0.5) is 40.8 Å². The molecule has 1 aliphatic rings. The highest BCUT2D eigenvalue weighted by atomic mass is 35.5. The van der Waals surface area contributed by atoms with Gasteiger partial charge in [0.05, 0.1) is 16.8 Å². The van der Waals surface area contributed by atoms with Gasteiger partial charge >= 0.3 is 12.4 Å². The van der Waals surface area contributed by atoms with Crippen LogP contribution in [-0.2, 0) is 23.7 Å². The van der Waals surface area contributed by atoms with E-state index >= 15 is 4.39 Å². The van der Waals surface area contributed by atoms with E-state index in [4.69, 9.17) is 11.6 Å². The average Bonchev–Trinajstić information content (AvgIpc) is 2.86. The quantitative estimate of drug-likeness (QED) is 0.359. The van der Waals surface area contributed by atoms with Crippen LogP contribution in [0.2, 0.25) is 5.02 Å². The van der Waals surface area contributed by atoms with Crippen LogP contribution in [0.3, 0.4) is 0 Å². The maximum atomic E-state index is 15.4. The maximum Gasteiger partial charge on any atom is 0.433 e. The third-order valence-corrected chi connectivity index (χ3v) is 6.60. The van der Waals surface area contributed by atoms with E-state index in [1.165, 1.54) is 12.1 Å². The van der Waals surface area contributed by atoms with Gasteiger partial charge in [0.2, 0.25) is 5.91 Å². The van der Waals surface area contributed by atoms with E-state index in [0.717, 1.165) is 12.1 Å². The minimum absolute atomic E-state index is 0.0331. The topological polar surface area (TPSA) is 78.1 Å². The zero-order valence-corrected chi connectivity index (χ0v) is 20.9. The van der Waals surface area contributed by atoms with Crippen molar-refractivity contribution in [3.05, 3.63) is 80.2 Å². The lowest BCUT2D eigenvalue weighted by atomic mass is 9.95. The van der Waals surface area contributed by atoms with Crippen LogP contribution in [-0.4, -0.2) is 29.0 Å². The zero-order chi connectivity index (χ0) is 29.4. The number of piperidine rings is 1. The number of amides is 1. The lowest BCUT2D eigenvalue weighted by molar-refractivity contribution is -0.141. The van der Waals surface area contributed by atoms with Crippen molar-refractivity contribution < 1.29 is 39.9 Å². The molecule has 3 aromatic rings. The number of hydrogen-bond donors (Lipinski definition) is 2. The van der Waals surface area contributed by atoms with Crippen LogP contribution >= 0.6 is 11.6 Å². The molecule has 1 aromatic heterocycles. The fourth-order valence-electron chi connectivity index (χ4n) is 4.39. The highest BCUT2D eigenvalue weighted by Crippen LogP contribution is 2.39. The molecule has 15 heteroatoms. The molecule has 2 N–H and O–H groups in total. The highest BCUT2D eigenvalue weighted by Gasteiger charge is 2.39. The largest absolute Gasteiger partial charge is 0.433 e. The number of aromatic amines is 1. The summed E-state index contributed by atoms with van der Waals surface area (Å²) in [6.45, 7) is 0.0268. The first-order valence-corrected chi connectivity index (χ1v) is 12.1. The second-order valence-electron chi connectivity index (χ2n) is 9.01. The van der Waals surface area contributed by atoms with E-state index in [2.05, 4.69) is 10.3 Å². The van der Waals surface area contributed by atoms with E-state index in [0.29, 0.717) is 37.7 Å². The Morgan fingerprint density at radius 1 is 1.02 bits per heavy atom. The number of benzene rings is 2. The molecular weight excluding hydrogens is 576 g/mol. The molecule has 2 heterocycles. The number of alkyl halides is 6. The Hall–Kier alpha value is -3.68. The number of carbonyl (C=O) groups excluding carboxylic acids is 1. The van der Waals surface area contributed by atoms with Gasteiger partial charge in [-0.25, -0.2) is 13.8 Å². The molecule has 4 rings (SSSR count). The monoisotopic (exact) mass is 594 g/mol. The van der Waals surface area contributed by atoms with Crippen molar-refractivity contribution in [3.63, 3.8) is 0 Å². The molecule has 0 radical (unpaired) electrons. The predicted molar refractivity (Wildman–Crippen MR) is 128 cm³/mol. The normalized spacial score (nSPS) is 14.9. The van der Waals surface area contributed by atoms with E-state index in [9.17, 15) is 40.3 Å². The first kappa shape index (κ1) is 29.3. The summed E-state index contributed by atoms with van der Waals surface area (Å²) < 4.78 is 110. The molecule has 0 aliphatic carbocycles. The zero-order valence-electron chi connectivity index (χ0n) is 20.2. The first-order chi connectivity index (χ1) is 18.6. The summed E-state index contributed by atoms with van der Waals surface area (Å²) in [5.41, 5.74) is -6.46. The first-order valence-electron chi connectivity index (χ1n) is 11.7. The molecular formula is C25H19ClF8N4O2. The van der Waals surface area contributed by atoms with Crippen molar-refractivity contribution in [2.24, 2.45) is 5.92 Å². The standard InChI is InChI=1S/C25H19ClF8N4O2/c26-14-2-4-17(16(27)9-14)38-7-5-12(6-8-38)23(40)35-11-13-1-3-15(24(29,30)31)20(21(13)28)22-36-18(25(32,33)34)10-19(39)37-22/h1-4,9-10,12H,5-8,11H2,(H,35,40)(H,36,37,39). The van der Waals surface area contributed by atoms with Crippen LogP contribution in [0.15, 0.2) is 41.2 Å². The van der Waals surface area contributed by atoms with E-state index in [1.807, 2.05) is 0 Å². The number of H-pyrrole nitrogens is 1. The number of nitrogens with one attached hydrogen (secondary N) is 2. The minimum atomic E-state index is -5.21. The fourth-order valence-corrected chi connectivity index (χ4v) is 4.55. The Balaban J connectivity index is 1.53. The summed E-state index contributed by atoms with van der Waals surface area (Å²) in [6, 6.07) is 5.39. The number of anilines is 1. The summed E-state index contributed by atoms with van der Waals surface area (Å²) in [4.78, 5) is 30.9. The van der Waals surface area contributed by atoms with Gasteiger partial charge in [-0.15, -0.1) is 0 Å². The molecule has 1 aliphatic heterocycles. The van der Waals surface area contributed by atoms with Gasteiger partial charge in [0.1, 0.15) is 17.5 Å². The molecule has 214 valence electrons. The van der Waals surface area contributed by atoms with Crippen LogP contribution in [0.25, 0.3) is 11.4 Å². The number of nitrogens with zero attached hydrogens (tertiary/aromatic N) is 2. The average molecular weight is 595 g/mol. The van der Waals surface area contributed by atoms with Gasteiger partial charge in [0.25, 0.3) is 5.56 Å². The lowest BCUT2D eigenvalue weighted by Gasteiger charge is -2.33. The summed E-state index contributed by atoms with van der Waals surface area (Å²) >= 11 is 5.77. The van der Waals surface area contributed by atoms with E-state index < -0.39 is 76.1 Å². The van der Waals surface area contributed by atoms with Crippen molar-refractivity contribution in [1.82, 2.24) is 15.3 Å². The molecule has 1 fully saturated rings. The van der Waals surface area contributed by atoms with Gasteiger partial charge in [-0.3, -0.25) is 9.59 Å². The number of carbonyl (C=O) groups is 1. The van der Waals surface area contributed by atoms with E-state index in [1.54, 1.807) is 9.88 Å². The molecule has 1 amide bonds. The number of halogens is 9. The van der Waals surface area contributed by atoms with Crippen molar-refractivity contribution >= 4 is 23.2 Å². The van der Waals surface area contributed by atoms with Crippen molar-refractivity contribution in [2.75, 3.05) is 18.0 Å². The molecule has 0 atom stereocenters. The summed E-state index contributed by atoms with van der Waals surface area (Å²) in [7, 11) is 0. The lowest BCUT2D eigenvalue weighted by Crippen LogP contribution is -2.40. The van der Waals surface area contributed by atoms with Gasteiger partial charge in [0, 0.05) is 42.2 Å². The van der Waals surface area contributed by atoms with Gasteiger partial charge in [-0.05, 0) is 37.1 Å².